The standard InChI is InChI=1S/C16H20N2O6/c1-2-23-16(20)24-14(10-17)5-3-4-12-6-8-13(9-7-12)15(19)11-18(21)22/h6-9,14-15,19H,2-5,11H2,1H3/t14-,15+/m1/s1. The van der Waals surface area contributed by atoms with Crippen LogP contribution in [0.5, 0.6) is 0 Å². The largest absolute Gasteiger partial charge is 0.509 e. The number of hydrogen-bond acceptors (Lipinski definition) is 7. The zero-order chi connectivity index (χ0) is 17.9. The maximum atomic E-state index is 11.2. The molecule has 130 valence electrons. The highest BCUT2D eigenvalue weighted by molar-refractivity contribution is 5.60. The molecular formula is C16H20N2O6. The number of hydrogen-bond donors (Lipinski definition) is 1. The number of aryl methyl sites for hydroxylation is 1. The van der Waals surface area contributed by atoms with Gasteiger partial charge in [-0.05, 0) is 37.3 Å². The number of nitriles is 1. The van der Waals surface area contributed by atoms with Gasteiger partial charge in [0.25, 0.3) is 0 Å². The minimum Gasteiger partial charge on any atom is -0.435 e. The van der Waals surface area contributed by atoms with E-state index in [0.29, 0.717) is 24.8 Å². The molecule has 0 aliphatic carbocycles. The molecule has 8 heteroatoms. The summed E-state index contributed by atoms with van der Waals surface area (Å²) in [6, 6.07) is 8.72. The molecule has 0 radical (unpaired) electrons. The average molecular weight is 336 g/mol. The second kappa shape index (κ2) is 10.2. The van der Waals surface area contributed by atoms with E-state index in [1.54, 1.807) is 31.2 Å². The van der Waals surface area contributed by atoms with Crippen LogP contribution in [0.15, 0.2) is 24.3 Å². The van der Waals surface area contributed by atoms with Crippen LogP contribution in [-0.2, 0) is 15.9 Å². The third kappa shape index (κ3) is 7.07. The first-order chi connectivity index (χ1) is 11.5. The van der Waals surface area contributed by atoms with Gasteiger partial charge < -0.3 is 14.6 Å². The predicted molar refractivity (Wildman–Crippen MR) is 83.7 cm³/mol. The lowest BCUT2D eigenvalue weighted by Crippen LogP contribution is -2.17. The third-order valence-corrected chi connectivity index (χ3v) is 3.26. The van der Waals surface area contributed by atoms with Crippen molar-refractivity contribution in [2.75, 3.05) is 13.2 Å². The van der Waals surface area contributed by atoms with Crippen LogP contribution in [0.3, 0.4) is 0 Å². The highest BCUT2D eigenvalue weighted by Crippen LogP contribution is 2.16. The van der Waals surface area contributed by atoms with E-state index in [1.807, 2.05) is 6.07 Å². The summed E-state index contributed by atoms with van der Waals surface area (Å²) in [5, 5.41) is 29.0. The van der Waals surface area contributed by atoms with Crippen molar-refractivity contribution in [2.45, 2.75) is 38.4 Å². The van der Waals surface area contributed by atoms with Crippen molar-refractivity contribution in [3.05, 3.63) is 45.5 Å². The van der Waals surface area contributed by atoms with E-state index in [4.69, 9.17) is 10.00 Å². The monoisotopic (exact) mass is 336 g/mol. The summed E-state index contributed by atoms with van der Waals surface area (Å²) in [4.78, 5) is 21.0. The van der Waals surface area contributed by atoms with E-state index >= 15 is 0 Å². The average Bonchev–Trinajstić information content (AvgIpc) is 2.54. The number of aliphatic hydroxyl groups excluding tert-OH is 1. The highest BCUT2D eigenvalue weighted by Gasteiger charge is 2.15. The molecule has 0 unspecified atom stereocenters. The van der Waals surface area contributed by atoms with Crippen LogP contribution in [0.1, 0.15) is 37.0 Å². The lowest BCUT2D eigenvalue weighted by atomic mass is 10.0. The van der Waals surface area contributed by atoms with Crippen LogP contribution in [0.4, 0.5) is 4.79 Å². The maximum Gasteiger partial charge on any atom is 0.509 e. The maximum absolute atomic E-state index is 11.2. The molecule has 0 aliphatic rings. The zero-order valence-electron chi connectivity index (χ0n) is 13.4. The van der Waals surface area contributed by atoms with Crippen molar-refractivity contribution in [3.63, 3.8) is 0 Å². The Kier molecular flexibility index (Phi) is 8.22. The number of rotatable bonds is 9. The van der Waals surface area contributed by atoms with E-state index in [2.05, 4.69) is 4.74 Å². The summed E-state index contributed by atoms with van der Waals surface area (Å²) in [6.07, 6.45) is -1.20. The van der Waals surface area contributed by atoms with Crippen molar-refractivity contribution in [1.29, 1.82) is 5.26 Å². The number of aliphatic hydroxyl groups is 1. The SMILES string of the molecule is CCOC(=O)O[C@@H](C#N)CCCc1ccc([C@@H](O)C[N+](=O)[O-])cc1. The van der Waals surface area contributed by atoms with Crippen LogP contribution >= 0.6 is 0 Å². The Balaban J connectivity index is 2.43. The number of carbonyl (C=O) groups excluding carboxylic acids is 1. The molecule has 0 bridgehead atoms. The number of nitrogens with zero attached hydrogens (tertiary/aromatic N) is 2. The van der Waals surface area contributed by atoms with Gasteiger partial charge in [-0.3, -0.25) is 10.1 Å². The Morgan fingerprint density at radius 1 is 1.42 bits per heavy atom. The molecular weight excluding hydrogens is 316 g/mol. The first-order valence-corrected chi connectivity index (χ1v) is 7.58. The molecule has 0 saturated carbocycles. The van der Waals surface area contributed by atoms with Crippen molar-refractivity contribution < 1.29 is 24.3 Å². The fraction of sp³-hybridized carbons (Fsp3) is 0.500. The Morgan fingerprint density at radius 3 is 2.62 bits per heavy atom. The smallest absolute Gasteiger partial charge is 0.435 e. The summed E-state index contributed by atoms with van der Waals surface area (Å²) in [6.45, 7) is 1.30. The summed E-state index contributed by atoms with van der Waals surface area (Å²) in [5.41, 5.74) is 1.44. The molecule has 1 N–H and O–H groups in total. The molecule has 1 rings (SSSR count). The van der Waals surface area contributed by atoms with Crippen LogP contribution in [0.25, 0.3) is 0 Å². The van der Waals surface area contributed by atoms with E-state index < -0.39 is 29.8 Å². The lowest BCUT2D eigenvalue weighted by molar-refractivity contribution is -0.491. The Morgan fingerprint density at radius 2 is 2.08 bits per heavy atom. The Hall–Kier alpha value is -2.66. The van der Waals surface area contributed by atoms with Gasteiger partial charge >= 0.3 is 6.16 Å². The summed E-state index contributed by atoms with van der Waals surface area (Å²) >= 11 is 0. The second-order valence-electron chi connectivity index (χ2n) is 5.08. The predicted octanol–water partition coefficient (Wildman–Crippen LogP) is 2.38. The molecule has 8 nitrogen and oxygen atoms in total. The van der Waals surface area contributed by atoms with Crippen molar-refractivity contribution >= 4 is 6.16 Å². The number of benzene rings is 1. The fourth-order valence-electron chi connectivity index (χ4n) is 2.06. The van der Waals surface area contributed by atoms with Crippen LogP contribution < -0.4 is 0 Å². The number of nitro groups is 1. The van der Waals surface area contributed by atoms with Gasteiger partial charge in [0, 0.05) is 4.92 Å². The molecule has 0 heterocycles. The number of carbonyl (C=O) groups is 1. The van der Waals surface area contributed by atoms with Crippen molar-refractivity contribution in [3.8, 4) is 6.07 Å². The minimum absolute atomic E-state index is 0.186. The fourth-order valence-corrected chi connectivity index (χ4v) is 2.06. The van der Waals surface area contributed by atoms with Gasteiger partial charge in [0.15, 0.2) is 6.10 Å². The molecule has 0 spiro atoms. The summed E-state index contributed by atoms with van der Waals surface area (Å²) < 4.78 is 9.46. The first kappa shape index (κ1) is 19.4. The number of ether oxygens (including phenoxy) is 2. The van der Waals surface area contributed by atoms with Crippen LogP contribution in [-0.4, -0.2) is 35.4 Å². The van der Waals surface area contributed by atoms with Crippen molar-refractivity contribution in [1.82, 2.24) is 0 Å². The minimum atomic E-state index is -1.13. The van der Waals surface area contributed by atoms with Crippen molar-refractivity contribution in [2.24, 2.45) is 0 Å². The molecule has 1 aromatic carbocycles. The van der Waals surface area contributed by atoms with E-state index in [-0.39, 0.29) is 6.61 Å². The molecule has 0 amide bonds. The molecule has 2 atom stereocenters. The van der Waals surface area contributed by atoms with Gasteiger partial charge in [0.1, 0.15) is 12.2 Å². The highest BCUT2D eigenvalue weighted by atomic mass is 16.7. The van der Waals surface area contributed by atoms with E-state index in [9.17, 15) is 20.0 Å². The van der Waals surface area contributed by atoms with Gasteiger partial charge in [-0.2, -0.15) is 5.26 Å². The lowest BCUT2D eigenvalue weighted by Gasteiger charge is -2.11. The van der Waals surface area contributed by atoms with E-state index in [1.165, 1.54) is 0 Å². The first-order valence-electron chi connectivity index (χ1n) is 7.58. The molecule has 1 aromatic rings. The Labute approximate surface area is 139 Å². The normalized spacial score (nSPS) is 12.7. The summed E-state index contributed by atoms with van der Waals surface area (Å²) in [5.74, 6) is 0. The Bertz CT molecular complexity index is 581. The van der Waals surface area contributed by atoms with Crippen LogP contribution in [0, 0.1) is 21.4 Å². The third-order valence-electron chi connectivity index (χ3n) is 3.26. The van der Waals surface area contributed by atoms with Crippen LogP contribution in [0.2, 0.25) is 0 Å². The molecule has 0 aromatic heterocycles. The van der Waals surface area contributed by atoms with Gasteiger partial charge in [-0.15, -0.1) is 0 Å². The quantitative estimate of drug-likeness (QED) is 0.417. The van der Waals surface area contributed by atoms with Gasteiger partial charge in [-0.1, -0.05) is 24.3 Å². The van der Waals surface area contributed by atoms with E-state index in [0.717, 1.165) is 5.56 Å². The molecule has 0 fully saturated rings. The summed E-state index contributed by atoms with van der Waals surface area (Å²) in [7, 11) is 0. The molecule has 0 saturated heterocycles. The molecule has 0 aliphatic heterocycles. The second-order valence-corrected chi connectivity index (χ2v) is 5.08. The van der Waals surface area contributed by atoms with Gasteiger partial charge in [-0.25, -0.2) is 4.79 Å². The molecule has 24 heavy (non-hydrogen) atoms. The topological polar surface area (TPSA) is 123 Å². The zero-order valence-corrected chi connectivity index (χ0v) is 13.4. The van der Waals surface area contributed by atoms with Gasteiger partial charge in [0.2, 0.25) is 6.54 Å². The van der Waals surface area contributed by atoms with Gasteiger partial charge in [0.05, 0.1) is 6.61 Å².